The van der Waals surface area contributed by atoms with Gasteiger partial charge in [0.1, 0.15) is 0 Å². The van der Waals surface area contributed by atoms with Gasteiger partial charge in [0.25, 0.3) is 0 Å². The van der Waals surface area contributed by atoms with Crippen LogP contribution in [0.25, 0.3) is 0 Å². The fourth-order valence-electron chi connectivity index (χ4n) is 1.77. The maximum absolute atomic E-state index is 13.8. The van der Waals surface area contributed by atoms with Crippen LogP contribution in [0.2, 0.25) is 0 Å². The molecule has 4 heteroatoms. The van der Waals surface area contributed by atoms with E-state index in [2.05, 4.69) is 16.8 Å². The van der Waals surface area contributed by atoms with Crippen LogP contribution < -0.4 is 10.5 Å². The third-order valence-electron chi connectivity index (χ3n) is 2.84. The van der Waals surface area contributed by atoms with E-state index in [0.717, 1.165) is 17.7 Å². The van der Waals surface area contributed by atoms with Gasteiger partial charge in [-0.05, 0) is 48.9 Å². The number of hydrogen-bond donors (Lipinski definition) is 1. The maximum Gasteiger partial charge on any atom is 0.166 e. The normalized spacial score (nSPS) is 10.3. The second-order valence-electron chi connectivity index (χ2n) is 4.57. The number of halogens is 1. The Balaban J connectivity index is 2.12. The monoisotopic (exact) mass is 296 g/mol. The molecule has 0 spiro atoms. The van der Waals surface area contributed by atoms with E-state index in [0.29, 0.717) is 12.2 Å². The van der Waals surface area contributed by atoms with Gasteiger partial charge in [-0.25, -0.2) is 9.38 Å². The zero-order valence-electron chi connectivity index (χ0n) is 12.3. The Bertz CT molecular complexity index is 712. The fourth-order valence-corrected chi connectivity index (χ4v) is 1.77. The van der Waals surface area contributed by atoms with Crippen LogP contribution in [0.15, 0.2) is 47.5 Å². The van der Waals surface area contributed by atoms with Crippen LogP contribution in [-0.2, 0) is 0 Å². The quantitative estimate of drug-likeness (QED) is 0.532. The summed E-state index contributed by atoms with van der Waals surface area (Å²) >= 11 is 0. The topological polar surface area (TPSA) is 47.6 Å². The van der Waals surface area contributed by atoms with Crippen LogP contribution in [0.5, 0.6) is 5.75 Å². The molecular weight excluding hydrogens is 279 g/mol. The van der Waals surface area contributed by atoms with Crippen molar-refractivity contribution in [2.45, 2.75) is 13.3 Å². The van der Waals surface area contributed by atoms with Crippen molar-refractivity contribution in [3.8, 4) is 17.6 Å². The predicted molar refractivity (Wildman–Crippen MR) is 86.9 cm³/mol. The largest absolute Gasteiger partial charge is 0.491 e. The summed E-state index contributed by atoms with van der Waals surface area (Å²) in [6.45, 7) is 2.47. The molecule has 0 aromatic heterocycles. The molecular formula is C18H17FN2O. The molecule has 0 heterocycles. The molecule has 0 saturated carbocycles. The van der Waals surface area contributed by atoms with Crippen molar-refractivity contribution in [3.63, 3.8) is 0 Å². The number of rotatable bonds is 4. The summed E-state index contributed by atoms with van der Waals surface area (Å²) in [6, 6.07) is 12.0. The van der Waals surface area contributed by atoms with Gasteiger partial charge in [-0.2, -0.15) is 0 Å². The lowest BCUT2D eigenvalue weighted by Crippen LogP contribution is -1.97. The van der Waals surface area contributed by atoms with Crippen LogP contribution in [0.3, 0.4) is 0 Å². The maximum atomic E-state index is 13.8. The third kappa shape index (κ3) is 4.35. The van der Waals surface area contributed by atoms with Crippen molar-refractivity contribution < 1.29 is 9.13 Å². The van der Waals surface area contributed by atoms with Gasteiger partial charge in [-0.3, -0.25) is 0 Å². The zero-order valence-corrected chi connectivity index (χ0v) is 12.3. The molecule has 2 rings (SSSR count). The van der Waals surface area contributed by atoms with Crippen LogP contribution in [0.1, 0.15) is 24.5 Å². The third-order valence-corrected chi connectivity index (χ3v) is 2.84. The molecule has 0 radical (unpaired) electrons. The summed E-state index contributed by atoms with van der Waals surface area (Å²) in [6.07, 6.45) is 2.08. The molecule has 2 aromatic carbocycles. The Morgan fingerprint density at radius 3 is 2.45 bits per heavy atom. The molecule has 0 saturated heterocycles. The first-order chi connectivity index (χ1) is 10.7. The predicted octanol–water partition coefficient (Wildman–Crippen LogP) is 3.63. The Morgan fingerprint density at radius 1 is 1.14 bits per heavy atom. The molecule has 0 aliphatic carbocycles. The van der Waals surface area contributed by atoms with Gasteiger partial charge < -0.3 is 10.5 Å². The lowest BCUT2D eigenvalue weighted by molar-refractivity contribution is 0.301. The fraction of sp³-hybridized carbons (Fsp3) is 0.167. The lowest BCUT2D eigenvalue weighted by Gasteiger charge is -2.05. The van der Waals surface area contributed by atoms with E-state index < -0.39 is 5.82 Å². The smallest absolute Gasteiger partial charge is 0.166 e. The summed E-state index contributed by atoms with van der Waals surface area (Å²) in [5, 5.41) is 0. The van der Waals surface area contributed by atoms with Gasteiger partial charge >= 0.3 is 0 Å². The van der Waals surface area contributed by atoms with Crippen LogP contribution >= 0.6 is 0 Å². The van der Waals surface area contributed by atoms with E-state index in [9.17, 15) is 4.39 Å². The summed E-state index contributed by atoms with van der Waals surface area (Å²) in [5.41, 5.74) is 7.41. The van der Waals surface area contributed by atoms with E-state index in [1.54, 1.807) is 12.1 Å². The second kappa shape index (κ2) is 7.84. The lowest BCUT2D eigenvalue weighted by atomic mass is 10.1. The van der Waals surface area contributed by atoms with Crippen LogP contribution in [0, 0.1) is 17.7 Å². The Labute approximate surface area is 129 Å². The van der Waals surface area contributed by atoms with Gasteiger partial charge in [0.05, 0.1) is 18.6 Å². The summed E-state index contributed by atoms with van der Waals surface area (Å²) in [5.74, 6) is 5.77. The molecule has 0 atom stereocenters. The Morgan fingerprint density at radius 2 is 1.82 bits per heavy atom. The standard InChI is InChI=1S/C18H17FN2O/c1-2-11-22-18-10-7-15(12-17(18)19)4-3-14-5-8-16(9-6-14)21-13-20/h5-10,12-13H,2,11H2,1H3,(H2,20,21). The van der Waals surface area contributed by atoms with Gasteiger partial charge in [0.15, 0.2) is 11.6 Å². The molecule has 0 bridgehead atoms. The van der Waals surface area contributed by atoms with Gasteiger partial charge in [-0.1, -0.05) is 18.8 Å². The average molecular weight is 296 g/mol. The first-order valence-electron chi connectivity index (χ1n) is 7.01. The molecule has 2 aromatic rings. The number of nitrogens with zero attached hydrogens (tertiary/aromatic N) is 1. The molecule has 3 nitrogen and oxygen atoms in total. The molecule has 0 aliphatic heterocycles. The van der Waals surface area contributed by atoms with E-state index >= 15 is 0 Å². The molecule has 0 amide bonds. The number of nitrogens with two attached hydrogens (primary N) is 1. The second-order valence-corrected chi connectivity index (χ2v) is 4.57. The molecule has 0 unspecified atom stereocenters. The van der Waals surface area contributed by atoms with Crippen molar-refractivity contribution in [1.82, 2.24) is 0 Å². The summed E-state index contributed by atoms with van der Waals surface area (Å²) in [7, 11) is 0. The van der Waals surface area contributed by atoms with Crippen molar-refractivity contribution >= 4 is 12.0 Å². The number of ether oxygens (including phenoxy) is 1. The highest BCUT2D eigenvalue weighted by Crippen LogP contribution is 2.18. The van der Waals surface area contributed by atoms with Crippen LogP contribution in [-0.4, -0.2) is 12.9 Å². The highest BCUT2D eigenvalue weighted by atomic mass is 19.1. The highest BCUT2D eigenvalue weighted by molar-refractivity contribution is 5.59. The van der Waals surface area contributed by atoms with Crippen molar-refractivity contribution in [1.29, 1.82) is 0 Å². The zero-order chi connectivity index (χ0) is 15.8. The summed E-state index contributed by atoms with van der Waals surface area (Å²) < 4.78 is 19.1. The average Bonchev–Trinajstić information content (AvgIpc) is 2.54. The number of aliphatic imine (C=N–C) groups is 1. The minimum Gasteiger partial charge on any atom is -0.491 e. The Kier molecular flexibility index (Phi) is 5.56. The molecule has 2 N–H and O–H groups in total. The van der Waals surface area contributed by atoms with Crippen molar-refractivity contribution in [2.75, 3.05) is 6.61 Å². The van der Waals surface area contributed by atoms with E-state index in [1.165, 1.54) is 12.4 Å². The SMILES string of the molecule is CCCOc1ccc(C#Cc2ccc(N=CN)cc2)cc1F. The van der Waals surface area contributed by atoms with Crippen molar-refractivity contribution in [3.05, 3.63) is 59.4 Å². The van der Waals surface area contributed by atoms with Gasteiger partial charge in [0, 0.05) is 11.1 Å². The molecule has 0 aliphatic rings. The first-order valence-corrected chi connectivity index (χ1v) is 7.01. The minimum atomic E-state index is -0.395. The van der Waals surface area contributed by atoms with E-state index in [-0.39, 0.29) is 5.75 Å². The highest BCUT2D eigenvalue weighted by Gasteiger charge is 2.03. The molecule has 0 fully saturated rings. The molecule has 22 heavy (non-hydrogen) atoms. The Hall–Kier alpha value is -2.80. The molecule has 112 valence electrons. The van der Waals surface area contributed by atoms with Gasteiger partial charge in [-0.15, -0.1) is 0 Å². The summed E-state index contributed by atoms with van der Waals surface area (Å²) in [4.78, 5) is 3.95. The number of hydrogen-bond acceptors (Lipinski definition) is 2. The van der Waals surface area contributed by atoms with E-state index in [1.807, 2.05) is 31.2 Å². The van der Waals surface area contributed by atoms with Gasteiger partial charge in [0.2, 0.25) is 0 Å². The first kappa shape index (κ1) is 15.6. The van der Waals surface area contributed by atoms with Crippen LogP contribution in [0.4, 0.5) is 10.1 Å². The number of benzene rings is 2. The minimum absolute atomic E-state index is 0.261. The van der Waals surface area contributed by atoms with Crippen molar-refractivity contribution in [2.24, 2.45) is 10.7 Å². The van der Waals surface area contributed by atoms with E-state index in [4.69, 9.17) is 10.5 Å².